The van der Waals surface area contributed by atoms with Crippen LogP contribution < -0.4 is 11.1 Å². The van der Waals surface area contributed by atoms with Crippen molar-refractivity contribution in [2.24, 2.45) is 11.7 Å². The molecule has 3 nitrogen and oxygen atoms in total. The van der Waals surface area contributed by atoms with Gasteiger partial charge in [-0.3, -0.25) is 4.79 Å². The average Bonchev–Trinajstić information content (AvgIpc) is 2.42. The van der Waals surface area contributed by atoms with Crippen LogP contribution in [-0.4, -0.2) is 11.9 Å². The molecule has 1 fully saturated rings. The van der Waals surface area contributed by atoms with Crippen molar-refractivity contribution in [2.75, 3.05) is 0 Å². The highest BCUT2D eigenvalue weighted by Gasteiger charge is 2.25. The third kappa shape index (κ3) is 3.87. The minimum absolute atomic E-state index is 0.0399. The van der Waals surface area contributed by atoms with Crippen molar-refractivity contribution in [1.29, 1.82) is 0 Å². The Balaban J connectivity index is 1.94. The van der Waals surface area contributed by atoms with Gasteiger partial charge in [0.05, 0.1) is 0 Å². The topological polar surface area (TPSA) is 55.1 Å². The number of nitrogens with one attached hydrogen (secondary N) is 1. The Kier molecular flexibility index (Phi) is 5.30. The Morgan fingerprint density at radius 1 is 1.30 bits per heavy atom. The van der Waals surface area contributed by atoms with E-state index in [0.717, 1.165) is 36.3 Å². The Labute approximate surface area is 129 Å². The molecule has 5 heteroatoms. The number of hydrogen-bond donors (Lipinski definition) is 2. The van der Waals surface area contributed by atoms with Gasteiger partial charge < -0.3 is 11.1 Å². The van der Waals surface area contributed by atoms with E-state index < -0.39 is 0 Å². The van der Waals surface area contributed by atoms with E-state index in [9.17, 15) is 4.79 Å². The molecule has 1 aliphatic rings. The van der Waals surface area contributed by atoms with Crippen molar-refractivity contribution in [3.8, 4) is 0 Å². The molecule has 1 saturated carbocycles. The van der Waals surface area contributed by atoms with E-state index in [0.29, 0.717) is 11.1 Å². The predicted molar refractivity (Wildman–Crippen MR) is 83.0 cm³/mol. The smallest absolute Gasteiger partial charge is 0.220 e. The summed E-state index contributed by atoms with van der Waals surface area (Å²) in [5.41, 5.74) is 6.36. The maximum Gasteiger partial charge on any atom is 0.220 e. The van der Waals surface area contributed by atoms with Crippen LogP contribution in [0.2, 0.25) is 10.0 Å². The van der Waals surface area contributed by atoms with Gasteiger partial charge in [0.2, 0.25) is 5.91 Å². The molecule has 0 aromatic heterocycles. The number of amides is 1. The van der Waals surface area contributed by atoms with Crippen LogP contribution in [0.15, 0.2) is 18.2 Å². The van der Waals surface area contributed by atoms with Gasteiger partial charge in [-0.1, -0.05) is 23.2 Å². The number of hydrogen-bond acceptors (Lipinski definition) is 2. The molecule has 0 spiro atoms. The van der Waals surface area contributed by atoms with Crippen LogP contribution in [0.4, 0.5) is 0 Å². The van der Waals surface area contributed by atoms with Gasteiger partial charge >= 0.3 is 0 Å². The quantitative estimate of drug-likeness (QED) is 0.890. The molecule has 0 saturated heterocycles. The Morgan fingerprint density at radius 2 is 1.95 bits per heavy atom. The first kappa shape index (κ1) is 15.6. The second-order valence-corrected chi connectivity index (χ2v) is 6.35. The third-order valence-corrected chi connectivity index (χ3v) is 4.62. The number of primary amides is 1. The molecule has 1 aromatic carbocycles. The van der Waals surface area contributed by atoms with Gasteiger partial charge in [-0.2, -0.15) is 0 Å². The van der Waals surface area contributed by atoms with Crippen LogP contribution in [0.1, 0.15) is 44.2 Å². The minimum atomic E-state index is -0.172. The highest BCUT2D eigenvalue weighted by Crippen LogP contribution is 2.29. The summed E-state index contributed by atoms with van der Waals surface area (Å²) >= 11 is 12.2. The number of carbonyl (C=O) groups is 1. The Morgan fingerprint density at radius 3 is 2.55 bits per heavy atom. The van der Waals surface area contributed by atoms with Crippen molar-refractivity contribution in [2.45, 2.75) is 44.7 Å². The lowest BCUT2D eigenvalue weighted by molar-refractivity contribution is -0.122. The van der Waals surface area contributed by atoms with E-state index in [1.807, 2.05) is 12.1 Å². The molecule has 2 rings (SSSR count). The lowest BCUT2D eigenvalue weighted by atomic mass is 9.85. The van der Waals surface area contributed by atoms with E-state index in [2.05, 4.69) is 12.2 Å². The first-order valence-electron chi connectivity index (χ1n) is 6.97. The average molecular weight is 315 g/mol. The highest BCUT2D eigenvalue weighted by atomic mass is 35.5. The van der Waals surface area contributed by atoms with E-state index in [-0.39, 0.29) is 17.9 Å². The van der Waals surface area contributed by atoms with Crippen LogP contribution in [0.3, 0.4) is 0 Å². The largest absolute Gasteiger partial charge is 0.369 e. The first-order valence-corrected chi connectivity index (χ1v) is 7.73. The monoisotopic (exact) mass is 314 g/mol. The molecule has 0 radical (unpaired) electrons. The summed E-state index contributed by atoms with van der Waals surface area (Å²) in [4.78, 5) is 11.2. The number of benzene rings is 1. The third-order valence-electron chi connectivity index (χ3n) is 4.04. The van der Waals surface area contributed by atoms with Crippen LogP contribution >= 0.6 is 23.2 Å². The number of nitrogens with two attached hydrogens (primary N) is 1. The Bertz CT molecular complexity index is 485. The van der Waals surface area contributed by atoms with Gasteiger partial charge in [-0.15, -0.1) is 0 Å². The molecule has 0 aliphatic heterocycles. The summed E-state index contributed by atoms with van der Waals surface area (Å²) in [6.07, 6.45) is 3.66. The predicted octanol–water partition coefficient (Wildman–Crippen LogP) is 3.69. The molecule has 0 bridgehead atoms. The molecule has 1 atom stereocenters. The normalized spacial score (nSPS) is 24.4. The SMILES string of the molecule is CC(NC1CCC(C(N)=O)CC1)c1cc(Cl)ccc1Cl. The number of carbonyl (C=O) groups excluding carboxylic acids is 1. The molecule has 1 amide bonds. The van der Waals surface area contributed by atoms with Crippen LogP contribution in [0, 0.1) is 5.92 Å². The summed E-state index contributed by atoms with van der Waals surface area (Å²) in [6, 6.07) is 6.04. The van der Waals surface area contributed by atoms with E-state index >= 15 is 0 Å². The molecule has 0 heterocycles. The van der Waals surface area contributed by atoms with E-state index in [4.69, 9.17) is 28.9 Å². The molecule has 3 N–H and O–H groups in total. The molecule has 110 valence electrons. The molecule has 1 aliphatic carbocycles. The highest BCUT2D eigenvalue weighted by molar-refractivity contribution is 6.33. The molecular weight excluding hydrogens is 295 g/mol. The van der Waals surface area contributed by atoms with Crippen molar-refractivity contribution in [3.05, 3.63) is 33.8 Å². The second kappa shape index (κ2) is 6.79. The summed E-state index contributed by atoms with van der Waals surface area (Å²) in [7, 11) is 0. The van der Waals surface area contributed by atoms with Crippen LogP contribution in [0.25, 0.3) is 0 Å². The van der Waals surface area contributed by atoms with Gasteiger partial charge in [0.15, 0.2) is 0 Å². The van der Waals surface area contributed by atoms with Crippen molar-refractivity contribution in [3.63, 3.8) is 0 Å². The molecule has 1 aromatic rings. The maximum absolute atomic E-state index is 11.2. The molecule has 20 heavy (non-hydrogen) atoms. The zero-order valence-corrected chi connectivity index (χ0v) is 13.0. The molecule has 1 unspecified atom stereocenters. The lowest BCUT2D eigenvalue weighted by Gasteiger charge is -2.30. The summed E-state index contributed by atoms with van der Waals surface area (Å²) in [5.74, 6) is -0.132. The van der Waals surface area contributed by atoms with Gasteiger partial charge in [0.25, 0.3) is 0 Å². The zero-order valence-electron chi connectivity index (χ0n) is 11.5. The van der Waals surface area contributed by atoms with Crippen molar-refractivity contribution in [1.82, 2.24) is 5.32 Å². The fourth-order valence-electron chi connectivity index (χ4n) is 2.83. The zero-order chi connectivity index (χ0) is 14.7. The summed E-state index contributed by atoms with van der Waals surface area (Å²) in [5, 5.41) is 4.98. The van der Waals surface area contributed by atoms with Crippen molar-refractivity contribution < 1.29 is 4.79 Å². The van der Waals surface area contributed by atoms with Gasteiger partial charge in [0, 0.05) is 28.0 Å². The molecular formula is C15H20Cl2N2O. The first-order chi connectivity index (χ1) is 9.47. The minimum Gasteiger partial charge on any atom is -0.369 e. The fraction of sp³-hybridized carbons (Fsp3) is 0.533. The Hall–Kier alpha value is -0.770. The van der Waals surface area contributed by atoms with E-state index in [1.165, 1.54) is 0 Å². The van der Waals surface area contributed by atoms with E-state index in [1.54, 1.807) is 6.07 Å². The summed E-state index contributed by atoms with van der Waals surface area (Å²) < 4.78 is 0. The van der Waals surface area contributed by atoms with Gasteiger partial charge in [0.1, 0.15) is 0 Å². The number of halogens is 2. The standard InChI is InChI=1S/C15H20Cl2N2O/c1-9(13-8-11(16)4-7-14(13)17)19-12-5-2-10(3-6-12)15(18)20/h4,7-10,12,19H,2-3,5-6H2,1H3,(H2,18,20). The summed E-state index contributed by atoms with van der Waals surface area (Å²) in [6.45, 7) is 2.08. The maximum atomic E-state index is 11.2. The number of rotatable bonds is 4. The lowest BCUT2D eigenvalue weighted by Crippen LogP contribution is -2.37. The van der Waals surface area contributed by atoms with Crippen molar-refractivity contribution >= 4 is 29.1 Å². The van der Waals surface area contributed by atoms with Crippen LogP contribution in [0.5, 0.6) is 0 Å². The van der Waals surface area contributed by atoms with Gasteiger partial charge in [-0.05, 0) is 56.4 Å². The second-order valence-electron chi connectivity index (χ2n) is 5.51. The van der Waals surface area contributed by atoms with Crippen LogP contribution in [-0.2, 0) is 4.79 Å². The van der Waals surface area contributed by atoms with Gasteiger partial charge in [-0.25, -0.2) is 0 Å². The fourth-order valence-corrected chi connectivity index (χ4v) is 3.30.